The minimum absolute atomic E-state index is 0.0652. The highest BCUT2D eigenvalue weighted by Gasteiger charge is 2.19. The van der Waals surface area contributed by atoms with Crippen LogP contribution in [0.25, 0.3) is 0 Å². The highest BCUT2D eigenvalue weighted by atomic mass is 16.6. The largest absolute Gasteiger partial charge is 0.462 e. The van der Waals surface area contributed by atoms with Gasteiger partial charge in [0, 0.05) is 19.3 Å². The molecule has 1 unspecified atom stereocenters. The first-order chi connectivity index (χ1) is 25.8. The van der Waals surface area contributed by atoms with Crippen molar-refractivity contribution >= 4 is 17.9 Å². The van der Waals surface area contributed by atoms with E-state index >= 15 is 0 Å². The molecule has 2 atom stereocenters. The Balaban J connectivity index is 4.32. The molecule has 0 N–H and O–H groups in total. The quantitative estimate of drug-likeness (QED) is 0.0352. The number of unbranched alkanes of at least 4 members (excludes halogenated alkanes) is 25. The van der Waals surface area contributed by atoms with Crippen molar-refractivity contribution in [3.05, 3.63) is 0 Å². The van der Waals surface area contributed by atoms with Crippen molar-refractivity contribution < 1.29 is 28.6 Å². The van der Waals surface area contributed by atoms with Crippen molar-refractivity contribution in [2.24, 2.45) is 11.8 Å². The molecule has 0 spiro atoms. The van der Waals surface area contributed by atoms with Crippen molar-refractivity contribution in [2.45, 2.75) is 259 Å². The van der Waals surface area contributed by atoms with Gasteiger partial charge in [0.2, 0.25) is 0 Å². The fraction of sp³-hybridized carbons (Fsp3) is 0.936. The zero-order valence-electron chi connectivity index (χ0n) is 36.1. The van der Waals surface area contributed by atoms with Crippen LogP contribution in [0.5, 0.6) is 0 Å². The van der Waals surface area contributed by atoms with Gasteiger partial charge in [0.15, 0.2) is 6.10 Å². The summed E-state index contributed by atoms with van der Waals surface area (Å²) in [7, 11) is 0. The van der Waals surface area contributed by atoms with Crippen LogP contribution in [-0.4, -0.2) is 37.2 Å². The van der Waals surface area contributed by atoms with Gasteiger partial charge in [-0.15, -0.1) is 0 Å². The van der Waals surface area contributed by atoms with E-state index in [-0.39, 0.29) is 31.1 Å². The van der Waals surface area contributed by atoms with Gasteiger partial charge in [0.25, 0.3) is 0 Å². The molecule has 53 heavy (non-hydrogen) atoms. The first-order valence-corrected chi connectivity index (χ1v) is 23.3. The predicted molar refractivity (Wildman–Crippen MR) is 224 cm³/mol. The van der Waals surface area contributed by atoms with Gasteiger partial charge in [0.05, 0.1) is 0 Å². The minimum Gasteiger partial charge on any atom is -0.462 e. The number of carbonyl (C=O) groups is 3. The highest BCUT2D eigenvalue weighted by Crippen LogP contribution is 2.17. The lowest BCUT2D eigenvalue weighted by molar-refractivity contribution is -0.167. The Morgan fingerprint density at radius 3 is 1.08 bits per heavy atom. The Bertz CT molecular complexity index is 811. The SMILES string of the molecule is CCCCCCCCCCCCCC(=O)O[C@H](COC(=O)CCCCCCCCCCCCC(C)CC)COC(=O)CCCCCCCCCC(C)C. The Morgan fingerprint density at radius 1 is 0.396 bits per heavy atom. The molecule has 0 aliphatic heterocycles. The molecule has 0 aliphatic rings. The van der Waals surface area contributed by atoms with Crippen molar-refractivity contribution in [1.82, 2.24) is 0 Å². The van der Waals surface area contributed by atoms with Gasteiger partial charge in [-0.25, -0.2) is 0 Å². The summed E-state index contributed by atoms with van der Waals surface area (Å²) in [4.78, 5) is 37.7. The van der Waals surface area contributed by atoms with Gasteiger partial charge < -0.3 is 14.2 Å². The lowest BCUT2D eigenvalue weighted by atomic mass is 9.99. The topological polar surface area (TPSA) is 78.9 Å². The molecule has 0 heterocycles. The number of ether oxygens (including phenoxy) is 3. The van der Waals surface area contributed by atoms with Crippen LogP contribution in [0.1, 0.15) is 253 Å². The third-order valence-electron chi connectivity index (χ3n) is 10.8. The molecule has 0 aromatic rings. The van der Waals surface area contributed by atoms with E-state index in [1.807, 2.05) is 0 Å². The molecule has 0 rings (SSSR count). The maximum atomic E-state index is 12.7. The summed E-state index contributed by atoms with van der Waals surface area (Å²) in [5, 5.41) is 0. The normalized spacial score (nSPS) is 12.6. The molecule has 6 nitrogen and oxygen atoms in total. The fourth-order valence-electron chi connectivity index (χ4n) is 6.90. The summed E-state index contributed by atoms with van der Waals surface area (Å²) >= 11 is 0. The van der Waals surface area contributed by atoms with E-state index < -0.39 is 6.10 Å². The van der Waals surface area contributed by atoms with Crippen molar-refractivity contribution in [3.8, 4) is 0 Å². The van der Waals surface area contributed by atoms with Gasteiger partial charge in [-0.1, -0.05) is 214 Å². The van der Waals surface area contributed by atoms with Crippen LogP contribution in [0.3, 0.4) is 0 Å². The first-order valence-electron chi connectivity index (χ1n) is 23.3. The van der Waals surface area contributed by atoms with E-state index in [1.54, 1.807) is 0 Å². The molecule has 6 heteroatoms. The Kier molecular flexibility index (Phi) is 38.9. The van der Waals surface area contributed by atoms with Crippen molar-refractivity contribution in [1.29, 1.82) is 0 Å². The summed E-state index contributed by atoms with van der Waals surface area (Å²) in [6, 6.07) is 0. The fourth-order valence-corrected chi connectivity index (χ4v) is 6.90. The van der Waals surface area contributed by atoms with Crippen LogP contribution < -0.4 is 0 Å². The molecule has 0 saturated heterocycles. The third-order valence-corrected chi connectivity index (χ3v) is 10.8. The number of hydrogen-bond donors (Lipinski definition) is 0. The average Bonchev–Trinajstić information content (AvgIpc) is 3.14. The summed E-state index contributed by atoms with van der Waals surface area (Å²) < 4.78 is 16.7. The molecule has 0 bridgehead atoms. The molecule has 0 radical (unpaired) electrons. The number of rotatable bonds is 41. The summed E-state index contributed by atoms with van der Waals surface area (Å²) in [5.74, 6) is 0.792. The lowest BCUT2D eigenvalue weighted by Crippen LogP contribution is -2.30. The average molecular weight is 751 g/mol. The first kappa shape index (κ1) is 51.4. The van der Waals surface area contributed by atoms with Crippen molar-refractivity contribution in [2.75, 3.05) is 13.2 Å². The van der Waals surface area contributed by atoms with Gasteiger partial charge in [-0.2, -0.15) is 0 Å². The second-order valence-corrected chi connectivity index (χ2v) is 16.8. The molecular formula is C47H90O6. The molecule has 314 valence electrons. The van der Waals surface area contributed by atoms with E-state index in [4.69, 9.17) is 14.2 Å². The van der Waals surface area contributed by atoms with E-state index in [1.165, 1.54) is 141 Å². The molecule has 0 aliphatic carbocycles. The van der Waals surface area contributed by atoms with E-state index in [9.17, 15) is 14.4 Å². The molecule has 0 fully saturated rings. The van der Waals surface area contributed by atoms with Crippen LogP contribution in [0.4, 0.5) is 0 Å². The van der Waals surface area contributed by atoms with E-state index in [2.05, 4.69) is 34.6 Å². The van der Waals surface area contributed by atoms with Gasteiger partial charge in [-0.05, 0) is 31.1 Å². The third kappa shape index (κ3) is 39.9. The molecule has 0 amide bonds. The van der Waals surface area contributed by atoms with Crippen LogP contribution in [0.2, 0.25) is 0 Å². The summed E-state index contributed by atoms with van der Waals surface area (Å²) in [6.45, 7) is 11.3. The number of hydrogen-bond acceptors (Lipinski definition) is 6. The van der Waals surface area contributed by atoms with E-state index in [0.29, 0.717) is 19.3 Å². The zero-order chi connectivity index (χ0) is 39.0. The Morgan fingerprint density at radius 2 is 0.717 bits per heavy atom. The highest BCUT2D eigenvalue weighted by molar-refractivity contribution is 5.71. The van der Waals surface area contributed by atoms with Crippen LogP contribution >= 0.6 is 0 Å². The van der Waals surface area contributed by atoms with Crippen LogP contribution in [-0.2, 0) is 28.6 Å². The number of esters is 3. The van der Waals surface area contributed by atoms with Gasteiger partial charge in [0.1, 0.15) is 13.2 Å². The van der Waals surface area contributed by atoms with E-state index in [0.717, 1.165) is 69.6 Å². The minimum atomic E-state index is -0.760. The van der Waals surface area contributed by atoms with Crippen LogP contribution in [0.15, 0.2) is 0 Å². The second-order valence-electron chi connectivity index (χ2n) is 16.8. The van der Waals surface area contributed by atoms with Crippen LogP contribution in [0, 0.1) is 11.8 Å². The maximum Gasteiger partial charge on any atom is 0.306 e. The standard InChI is InChI=1S/C47H90O6/c1-6-8-9-10-11-12-13-18-23-29-34-39-47(50)53-44(41-52-46(49)38-33-28-24-19-20-25-30-35-42(3)4)40-51-45(48)37-32-27-22-17-15-14-16-21-26-31-36-43(5)7-2/h42-44H,6-41H2,1-5H3/t43?,44-/m1/s1. The molecule has 0 aromatic carbocycles. The van der Waals surface area contributed by atoms with Gasteiger partial charge >= 0.3 is 17.9 Å². The van der Waals surface area contributed by atoms with Crippen molar-refractivity contribution in [3.63, 3.8) is 0 Å². The lowest BCUT2D eigenvalue weighted by Gasteiger charge is -2.18. The summed E-state index contributed by atoms with van der Waals surface area (Å²) in [5.41, 5.74) is 0. The predicted octanol–water partition coefficient (Wildman–Crippen LogP) is 14.6. The Labute approximate surface area is 329 Å². The Hall–Kier alpha value is -1.59. The molecular weight excluding hydrogens is 661 g/mol. The summed E-state index contributed by atoms with van der Waals surface area (Å²) in [6.07, 6.45) is 38.0. The second kappa shape index (κ2) is 40.1. The number of carbonyl (C=O) groups excluding carboxylic acids is 3. The smallest absolute Gasteiger partial charge is 0.306 e. The maximum absolute atomic E-state index is 12.7. The molecule has 0 saturated carbocycles. The monoisotopic (exact) mass is 751 g/mol. The zero-order valence-corrected chi connectivity index (χ0v) is 36.1. The molecule has 0 aromatic heterocycles. The van der Waals surface area contributed by atoms with Gasteiger partial charge in [-0.3, -0.25) is 14.4 Å².